The number of hydrogen-bond donors (Lipinski definition) is 1. The summed E-state index contributed by atoms with van der Waals surface area (Å²) in [4.78, 5) is 21.4. The van der Waals surface area contributed by atoms with E-state index >= 15 is 0 Å². The predicted octanol–water partition coefficient (Wildman–Crippen LogP) is 3.13. The second kappa shape index (κ2) is 8.35. The van der Waals surface area contributed by atoms with Crippen LogP contribution >= 0.6 is 0 Å². The lowest BCUT2D eigenvalue weighted by Gasteiger charge is -2.34. The minimum atomic E-state index is 0.293. The first-order chi connectivity index (χ1) is 13.6. The van der Waals surface area contributed by atoms with E-state index in [0.717, 1.165) is 67.7 Å². The molecule has 6 heteroatoms. The maximum absolute atomic E-state index is 12.6. The Morgan fingerprint density at radius 1 is 1.25 bits per heavy atom. The third-order valence-electron chi connectivity index (χ3n) is 6.11. The van der Waals surface area contributed by atoms with E-state index < -0.39 is 0 Å². The molecule has 2 aliphatic rings. The monoisotopic (exact) mass is 382 g/mol. The van der Waals surface area contributed by atoms with Crippen molar-refractivity contribution < 1.29 is 9.53 Å². The van der Waals surface area contributed by atoms with Crippen molar-refractivity contribution in [1.29, 1.82) is 0 Å². The van der Waals surface area contributed by atoms with Crippen LogP contribution in [0.2, 0.25) is 0 Å². The maximum atomic E-state index is 12.6. The van der Waals surface area contributed by atoms with Gasteiger partial charge in [0.05, 0.1) is 19.2 Å². The first-order valence-electron chi connectivity index (χ1n) is 10.3. The molecule has 0 saturated carbocycles. The summed E-state index contributed by atoms with van der Waals surface area (Å²) < 4.78 is 5.44. The van der Waals surface area contributed by atoms with Crippen molar-refractivity contribution >= 4 is 22.5 Å². The summed E-state index contributed by atoms with van der Waals surface area (Å²) in [5, 5.41) is 4.81. The number of nitrogens with one attached hydrogen (secondary N) is 1. The van der Waals surface area contributed by atoms with E-state index in [9.17, 15) is 4.79 Å². The number of rotatable bonds is 5. The lowest BCUT2D eigenvalue weighted by atomic mass is 10.0. The van der Waals surface area contributed by atoms with Crippen LogP contribution in [0.3, 0.4) is 0 Å². The fourth-order valence-corrected chi connectivity index (χ4v) is 4.44. The number of piperidine rings is 1. The Morgan fingerprint density at radius 2 is 2.07 bits per heavy atom. The van der Waals surface area contributed by atoms with Crippen LogP contribution < -0.4 is 10.1 Å². The fourth-order valence-electron chi connectivity index (χ4n) is 4.44. The van der Waals surface area contributed by atoms with Gasteiger partial charge in [-0.3, -0.25) is 14.7 Å². The SMILES string of the molecule is COc1cc(NC2CCN(CC(=O)N3CCC[C@H]3C)CC2)c2cccnc2c1. The van der Waals surface area contributed by atoms with Crippen LogP contribution in [0.15, 0.2) is 30.5 Å². The van der Waals surface area contributed by atoms with Gasteiger partial charge in [-0.25, -0.2) is 0 Å². The van der Waals surface area contributed by atoms with Crippen LogP contribution in [0.5, 0.6) is 5.75 Å². The Kier molecular flexibility index (Phi) is 5.67. The zero-order valence-electron chi connectivity index (χ0n) is 16.9. The predicted molar refractivity (Wildman–Crippen MR) is 112 cm³/mol. The average Bonchev–Trinajstić information content (AvgIpc) is 3.15. The molecule has 6 nitrogen and oxygen atoms in total. The molecule has 0 spiro atoms. The molecule has 1 amide bonds. The second-order valence-electron chi connectivity index (χ2n) is 8.02. The molecule has 1 atom stereocenters. The quantitative estimate of drug-likeness (QED) is 0.861. The molecule has 0 unspecified atom stereocenters. The highest BCUT2D eigenvalue weighted by molar-refractivity contribution is 5.92. The smallest absolute Gasteiger partial charge is 0.236 e. The minimum Gasteiger partial charge on any atom is -0.497 e. The topological polar surface area (TPSA) is 57.7 Å². The molecular weight excluding hydrogens is 352 g/mol. The summed E-state index contributed by atoms with van der Waals surface area (Å²) in [5.41, 5.74) is 2.01. The van der Waals surface area contributed by atoms with Crippen molar-refractivity contribution in [3.05, 3.63) is 30.5 Å². The summed E-state index contributed by atoms with van der Waals surface area (Å²) in [6.45, 7) is 5.55. The molecule has 1 aromatic carbocycles. The number of benzene rings is 1. The van der Waals surface area contributed by atoms with Crippen LogP contribution in [0, 0.1) is 0 Å². The van der Waals surface area contributed by atoms with Crippen molar-refractivity contribution in [2.75, 3.05) is 38.6 Å². The molecule has 4 rings (SSSR count). The van der Waals surface area contributed by atoms with Crippen LogP contribution in [-0.2, 0) is 4.79 Å². The van der Waals surface area contributed by atoms with Crippen molar-refractivity contribution in [3.63, 3.8) is 0 Å². The summed E-state index contributed by atoms with van der Waals surface area (Å²) in [5.74, 6) is 1.11. The van der Waals surface area contributed by atoms with E-state index in [4.69, 9.17) is 4.74 Å². The van der Waals surface area contributed by atoms with Crippen molar-refractivity contribution in [2.45, 2.75) is 44.7 Å². The first kappa shape index (κ1) is 19.0. The number of nitrogens with zero attached hydrogens (tertiary/aromatic N) is 3. The fraction of sp³-hybridized carbons (Fsp3) is 0.545. The van der Waals surface area contributed by atoms with Gasteiger partial charge in [-0.1, -0.05) is 0 Å². The van der Waals surface area contributed by atoms with E-state index in [0.29, 0.717) is 24.5 Å². The molecule has 2 saturated heterocycles. The van der Waals surface area contributed by atoms with Crippen LogP contribution in [0.1, 0.15) is 32.6 Å². The largest absolute Gasteiger partial charge is 0.497 e. The van der Waals surface area contributed by atoms with Gasteiger partial charge in [-0.15, -0.1) is 0 Å². The summed E-state index contributed by atoms with van der Waals surface area (Å²) >= 11 is 0. The van der Waals surface area contributed by atoms with Crippen LogP contribution in [-0.4, -0.2) is 66.1 Å². The van der Waals surface area contributed by atoms with Gasteiger partial charge in [0.15, 0.2) is 0 Å². The number of pyridine rings is 1. The molecule has 1 aromatic heterocycles. The molecule has 2 aromatic rings. The number of carbonyl (C=O) groups is 1. The lowest BCUT2D eigenvalue weighted by molar-refractivity contribution is -0.133. The van der Waals surface area contributed by atoms with E-state index in [1.165, 1.54) is 0 Å². The van der Waals surface area contributed by atoms with Gasteiger partial charge in [0.1, 0.15) is 5.75 Å². The highest BCUT2D eigenvalue weighted by Gasteiger charge is 2.28. The Hall–Kier alpha value is -2.34. The third kappa shape index (κ3) is 4.07. The van der Waals surface area contributed by atoms with Crippen molar-refractivity contribution in [3.8, 4) is 5.75 Å². The highest BCUT2D eigenvalue weighted by Crippen LogP contribution is 2.29. The molecule has 2 fully saturated rings. The molecule has 150 valence electrons. The molecular formula is C22H30N4O2. The maximum Gasteiger partial charge on any atom is 0.236 e. The lowest BCUT2D eigenvalue weighted by Crippen LogP contribution is -2.46. The van der Waals surface area contributed by atoms with Gasteiger partial charge < -0.3 is 15.0 Å². The summed E-state index contributed by atoms with van der Waals surface area (Å²) in [7, 11) is 1.69. The zero-order chi connectivity index (χ0) is 19.5. The van der Waals surface area contributed by atoms with Gasteiger partial charge in [-0.05, 0) is 44.7 Å². The number of fused-ring (bicyclic) bond motifs is 1. The molecule has 1 N–H and O–H groups in total. The Bertz CT molecular complexity index is 832. The number of likely N-dealkylation sites (tertiary alicyclic amines) is 2. The van der Waals surface area contributed by atoms with Crippen molar-refractivity contribution in [1.82, 2.24) is 14.8 Å². The zero-order valence-corrected chi connectivity index (χ0v) is 16.9. The van der Waals surface area contributed by atoms with E-state index in [1.807, 2.05) is 18.3 Å². The van der Waals surface area contributed by atoms with Gasteiger partial charge in [0.2, 0.25) is 5.91 Å². The molecule has 0 aliphatic carbocycles. The van der Waals surface area contributed by atoms with Gasteiger partial charge in [-0.2, -0.15) is 0 Å². The number of amides is 1. The van der Waals surface area contributed by atoms with Crippen molar-refractivity contribution in [2.24, 2.45) is 0 Å². The molecule has 0 radical (unpaired) electrons. The number of carbonyl (C=O) groups excluding carboxylic acids is 1. The Morgan fingerprint density at radius 3 is 2.79 bits per heavy atom. The average molecular weight is 383 g/mol. The highest BCUT2D eigenvalue weighted by atomic mass is 16.5. The first-order valence-corrected chi connectivity index (χ1v) is 10.3. The third-order valence-corrected chi connectivity index (χ3v) is 6.11. The second-order valence-corrected chi connectivity index (χ2v) is 8.02. The number of methoxy groups -OCH3 is 1. The Balaban J connectivity index is 1.36. The van der Waals surface area contributed by atoms with Crippen LogP contribution in [0.4, 0.5) is 5.69 Å². The molecule has 3 heterocycles. The molecule has 0 bridgehead atoms. The van der Waals surface area contributed by atoms with E-state index in [1.54, 1.807) is 7.11 Å². The number of anilines is 1. The van der Waals surface area contributed by atoms with E-state index in [2.05, 4.69) is 39.2 Å². The van der Waals surface area contributed by atoms with Crippen LogP contribution in [0.25, 0.3) is 10.9 Å². The van der Waals surface area contributed by atoms with Gasteiger partial charge in [0.25, 0.3) is 0 Å². The number of ether oxygens (including phenoxy) is 1. The van der Waals surface area contributed by atoms with Gasteiger partial charge >= 0.3 is 0 Å². The number of aromatic nitrogens is 1. The number of hydrogen-bond acceptors (Lipinski definition) is 5. The van der Waals surface area contributed by atoms with Gasteiger partial charge in [0, 0.05) is 61.1 Å². The minimum absolute atomic E-state index is 0.293. The molecule has 28 heavy (non-hydrogen) atoms. The standard InChI is InChI=1S/C22H30N4O2/c1-16-5-4-10-26(16)22(27)15-25-11-7-17(8-12-25)24-21-14-18(28-2)13-20-19(21)6-3-9-23-20/h3,6,9,13-14,16-17,24H,4-5,7-8,10-12,15H2,1-2H3/t16-/m1/s1. The summed E-state index contributed by atoms with van der Waals surface area (Å²) in [6.07, 6.45) is 6.15. The summed E-state index contributed by atoms with van der Waals surface area (Å²) in [6, 6.07) is 8.88. The molecule has 2 aliphatic heterocycles. The Labute approximate surface area is 166 Å². The normalized spacial score (nSPS) is 21.2. The van der Waals surface area contributed by atoms with E-state index in [-0.39, 0.29) is 0 Å².